The molecule has 0 N–H and O–H groups in total. The number of hydrogen-bond acceptors (Lipinski definition) is 4. The van der Waals surface area contributed by atoms with E-state index in [1.165, 1.54) is 4.90 Å². The number of halogens is 1. The zero-order valence-electron chi connectivity index (χ0n) is 12.2. The van der Waals surface area contributed by atoms with Crippen molar-refractivity contribution in [3.63, 3.8) is 0 Å². The first kappa shape index (κ1) is 16.0. The minimum absolute atomic E-state index is 0.212. The molecule has 1 unspecified atom stereocenters. The third kappa shape index (κ3) is 3.11. The van der Waals surface area contributed by atoms with Gasteiger partial charge in [-0.25, -0.2) is 4.79 Å². The predicted molar refractivity (Wildman–Crippen MR) is 80.4 cm³/mol. The fourth-order valence-corrected chi connectivity index (χ4v) is 2.79. The summed E-state index contributed by atoms with van der Waals surface area (Å²) in [6.45, 7) is 5.35. The van der Waals surface area contributed by atoms with Crippen molar-refractivity contribution in [1.29, 1.82) is 0 Å². The maximum absolute atomic E-state index is 12.3. The van der Waals surface area contributed by atoms with E-state index in [4.69, 9.17) is 9.47 Å². The second-order valence-corrected chi connectivity index (χ2v) is 5.68. The molecule has 6 heteroatoms. The number of amides is 1. The molecule has 21 heavy (non-hydrogen) atoms. The van der Waals surface area contributed by atoms with Gasteiger partial charge >= 0.3 is 5.97 Å². The highest BCUT2D eigenvalue weighted by Crippen LogP contribution is 2.36. The molecule has 0 aliphatic carbocycles. The smallest absolute Gasteiger partial charge is 0.328 e. The Labute approximate surface area is 132 Å². The van der Waals surface area contributed by atoms with E-state index in [0.717, 1.165) is 10.0 Å². The van der Waals surface area contributed by atoms with Crippen LogP contribution in [0.1, 0.15) is 32.6 Å². The summed E-state index contributed by atoms with van der Waals surface area (Å²) in [5.74, 6) is -0.642. The van der Waals surface area contributed by atoms with E-state index >= 15 is 0 Å². The van der Waals surface area contributed by atoms with Crippen LogP contribution in [0, 0.1) is 0 Å². The predicted octanol–water partition coefficient (Wildman–Crippen LogP) is 2.65. The van der Waals surface area contributed by atoms with Crippen molar-refractivity contribution < 1.29 is 19.1 Å². The fraction of sp³-hybridized carbons (Fsp3) is 0.467. The van der Waals surface area contributed by atoms with Crippen molar-refractivity contribution >= 4 is 27.8 Å². The number of carbonyl (C=O) groups is 2. The first-order chi connectivity index (χ1) is 9.97. The summed E-state index contributed by atoms with van der Waals surface area (Å²) in [6.07, 6.45) is -1.18. The molecule has 1 aromatic rings. The third-order valence-corrected chi connectivity index (χ3v) is 4.13. The van der Waals surface area contributed by atoms with E-state index < -0.39 is 24.3 Å². The van der Waals surface area contributed by atoms with Gasteiger partial charge in [-0.15, -0.1) is 0 Å². The van der Waals surface area contributed by atoms with Crippen molar-refractivity contribution in [3.05, 3.63) is 34.3 Å². The largest absolute Gasteiger partial charge is 0.464 e. The monoisotopic (exact) mass is 355 g/mol. The molecule has 1 aliphatic heterocycles. The SMILES string of the molecule is CCOC(=O)C(C)N1C(=O)[C@H](C)O[C@@H]1c1ccccc1Br. The summed E-state index contributed by atoms with van der Waals surface area (Å²) < 4.78 is 11.6. The highest BCUT2D eigenvalue weighted by atomic mass is 79.9. The summed E-state index contributed by atoms with van der Waals surface area (Å²) in [5, 5.41) is 0. The van der Waals surface area contributed by atoms with Crippen molar-refractivity contribution in [2.45, 2.75) is 39.1 Å². The number of esters is 1. The lowest BCUT2D eigenvalue weighted by Gasteiger charge is -2.28. The number of rotatable bonds is 4. The van der Waals surface area contributed by atoms with E-state index in [9.17, 15) is 9.59 Å². The number of nitrogens with zero attached hydrogens (tertiary/aromatic N) is 1. The Morgan fingerprint density at radius 1 is 1.48 bits per heavy atom. The molecule has 0 radical (unpaired) electrons. The second-order valence-electron chi connectivity index (χ2n) is 4.83. The summed E-state index contributed by atoms with van der Waals surface area (Å²) in [7, 11) is 0. The van der Waals surface area contributed by atoms with Gasteiger partial charge in [0.1, 0.15) is 12.1 Å². The molecule has 3 atom stereocenters. The van der Waals surface area contributed by atoms with Gasteiger partial charge in [0.15, 0.2) is 6.23 Å². The lowest BCUT2D eigenvalue weighted by molar-refractivity contribution is -0.155. The molecule has 114 valence electrons. The number of hydrogen-bond donors (Lipinski definition) is 0. The van der Waals surface area contributed by atoms with Gasteiger partial charge in [-0.05, 0) is 26.8 Å². The molecule has 1 aromatic carbocycles. The molecule has 0 aromatic heterocycles. The summed E-state index contributed by atoms with van der Waals surface area (Å²) in [6, 6.07) is 6.79. The first-order valence-corrected chi connectivity index (χ1v) is 7.65. The van der Waals surface area contributed by atoms with Crippen LogP contribution in [0.5, 0.6) is 0 Å². The molecule has 2 rings (SSSR count). The van der Waals surface area contributed by atoms with Crippen LogP contribution < -0.4 is 0 Å². The van der Waals surface area contributed by atoms with Gasteiger partial charge in [-0.3, -0.25) is 9.69 Å². The Morgan fingerprint density at radius 3 is 2.76 bits per heavy atom. The van der Waals surface area contributed by atoms with Gasteiger partial charge in [0.2, 0.25) is 0 Å². The van der Waals surface area contributed by atoms with Crippen molar-refractivity contribution in [1.82, 2.24) is 4.90 Å². The molecular formula is C15H18BrNO4. The maximum Gasteiger partial charge on any atom is 0.328 e. The number of benzene rings is 1. The third-order valence-electron chi connectivity index (χ3n) is 3.40. The zero-order valence-corrected chi connectivity index (χ0v) is 13.8. The van der Waals surface area contributed by atoms with Crippen LogP contribution in [-0.2, 0) is 19.1 Å². The van der Waals surface area contributed by atoms with Crippen LogP contribution in [-0.4, -0.2) is 35.5 Å². The van der Waals surface area contributed by atoms with E-state index in [1.54, 1.807) is 20.8 Å². The van der Waals surface area contributed by atoms with Crippen molar-refractivity contribution in [2.75, 3.05) is 6.61 Å². The molecule has 1 aliphatic rings. The van der Waals surface area contributed by atoms with E-state index in [-0.39, 0.29) is 12.5 Å². The van der Waals surface area contributed by atoms with Crippen LogP contribution in [0.15, 0.2) is 28.7 Å². The Kier molecular flexibility index (Phi) is 5.00. The standard InChI is InChI=1S/C15H18BrNO4/c1-4-20-15(19)9(2)17-13(18)10(3)21-14(17)11-7-5-6-8-12(11)16/h5-10,14H,4H2,1-3H3/t9?,10-,14+/m0/s1. The normalized spacial score (nSPS) is 23.2. The summed E-state index contributed by atoms with van der Waals surface area (Å²) in [4.78, 5) is 25.7. The summed E-state index contributed by atoms with van der Waals surface area (Å²) >= 11 is 3.46. The number of ether oxygens (including phenoxy) is 2. The van der Waals surface area contributed by atoms with Crippen LogP contribution in [0.25, 0.3) is 0 Å². The molecule has 0 saturated carbocycles. The minimum atomic E-state index is -0.695. The first-order valence-electron chi connectivity index (χ1n) is 6.86. The average molecular weight is 356 g/mol. The zero-order chi connectivity index (χ0) is 15.6. The second kappa shape index (κ2) is 6.58. The lowest BCUT2D eigenvalue weighted by Crippen LogP contribution is -2.43. The van der Waals surface area contributed by atoms with Crippen LogP contribution in [0.3, 0.4) is 0 Å². The van der Waals surface area contributed by atoms with Gasteiger partial charge < -0.3 is 9.47 Å². The average Bonchev–Trinajstić information content (AvgIpc) is 2.75. The van der Waals surface area contributed by atoms with Gasteiger partial charge in [0, 0.05) is 10.0 Å². The highest BCUT2D eigenvalue weighted by Gasteiger charge is 2.44. The molecule has 0 bridgehead atoms. The van der Waals surface area contributed by atoms with Gasteiger partial charge in [0.05, 0.1) is 6.61 Å². The van der Waals surface area contributed by atoms with Crippen LogP contribution in [0.2, 0.25) is 0 Å². The Morgan fingerprint density at radius 2 is 2.14 bits per heavy atom. The quantitative estimate of drug-likeness (QED) is 0.779. The Hall–Kier alpha value is -1.40. The lowest BCUT2D eigenvalue weighted by atomic mass is 10.1. The van der Waals surface area contributed by atoms with E-state index in [0.29, 0.717) is 0 Å². The van der Waals surface area contributed by atoms with Crippen molar-refractivity contribution in [2.24, 2.45) is 0 Å². The van der Waals surface area contributed by atoms with E-state index in [1.807, 2.05) is 24.3 Å². The van der Waals surface area contributed by atoms with Crippen LogP contribution >= 0.6 is 15.9 Å². The highest BCUT2D eigenvalue weighted by molar-refractivity contribution is 9.10. The topological polar surface area (TPSA) is 55.8 Å². The molecule has 1 amide bonds. The minimum Gasteiger partial charge on any atom is -0.464 e. The maximum atomic E-state index is 12.3. The molecule has 1 fully saturated rings. The molecule has 1 saturated heterocycles. The number of carbonyl (C=O) groups excluding carboxylic acids is 2. The summed E-state index contributed by atoms with van der Waals surface area (Å²) in [5.41, 5.74) is 0.811. The van der Waals surface area contributed by atoms with Gasteiger partial charge in [0.25, 0.3) is 5.91 Å². The van der Waals surface area contributed by atoms with E-state index in [2.05, 4.69) is 15.9 Å². The van der Waals surface area contributed by atoms with Crippen LogP contribution in [0.4, 0.5) is 0 Å². The molecule has 1 heterocycles. The Balaban J connectivity index is 2.33. The van der Waals surface area contributed by atoms with Crippen molar-refractivity contribution in [3.8, 4) is 0 Å². The molecule has 0 spiro atoms. The van der Waals surface area contributed by atoms with Gasteiger partial charge in [-0.2, -0.15) is 0 Å². The Bertz CT molecular complexity index is 548. The molecular weight excluding hydrogens is 338 g/mol. The fourth-order valence-electron chi connectivity index (χ4n) is 2.31. The molecule has 5 nitrogen and oxygen atoms in total. The van der Waals surface area contributed by atoms with Gasteiger partial charge in [-0.1, -0.05) is 34.1 Å².